The van der Waals surface area contributed by atoms with Gasteiger partial charge in [-0.05, 0) is 39.6 Å². The van der Waals surface area contributed by atoms with Gasteiger partial charge in [-0.2, -0.15) is 0 Å². The normalized spacial score (nSPS) is 28.3. The maximum Gasteiger partial charge on any atom is 0.496 e. The average Bonchev–Trinajstić information content (AvgIpc) is 2.79. The van der Waals surface area contributed by atoms with Crippen molar-refractivity contribution in [2.24, 2.45) is 4.99 Å². The number of hydrogen-bond donors (Lipinski definition) is 0. The van der Waals surface area contributed by atoms with Crippen molar-refractivity contribution in [3.63, 3.8) is 0 Å². The molecule has 106 valence electrons. The zero-order valence-electron chi connectivity index (χ0n) is 11.8. The van der Waals surface area contributed by atoms with E-state index in [1.807, 2.05) is 33.8 Å². The molecule has 19 heavy (non-hydrogen) atoms. The van der Waals surface area contributed by atoms with Crippen LogP contribution in [0, 0.1) is 0 Å². The Morgan fingerprint density at radius 1 is 1.26 bits per heavy atom. The summed E-state index contributed by atoms with van der Waals surface area (Å²) in [4.78, 5) is 4.22. The van der Waals surface area contributed by atoms with Crippen LogP contribution in [0.5, 0.6) is 0 Å². The van der Waals surface area contributed by atoms with Crippen molar-refractivity contribution in [3.05, 3.63) is 11.5 Å². The lowest BCUT2D eigenvalue weighted by molar-refractivity contribution is 0.00578. The number of nitrogens with zero attached hydrogens (tertiary/aromatic N) is 1. The average molecular weight is 271 g/mol. The predicted octanol–water partition coefficient (Wildman–Crippen LogP) is 3.04. The third kappa shape index (κ3) is 3.05. The van der Waals surface area contributed by atoms with E-state index < -0.39 is 24.7 Å². The molecule has 2 aliphatic rings. The number of halogens is 2. The van der Waals surface area contributed by atoms with Crippen LogP contribution in [0.2, 0.25) is 0 Å². The van der Waals surface area contributed by atoms with Crippen LogP contribution >= 0.6 is 0 Å². The minimum atomic E-state index is -2.27. The van der Waals surface area contributed by atoms with Gasteiger partial charge in [-0.3, -0.25) is 4.99 Å². The summed E-state index contributed by atoms with van der Waals surface area (Å²) in [6, 6.07) is -0.178. The minimum absolute atomic E-state index is 0.130. The first-order valence-electron chi connectivity index (χ1n) is 6.60. The molecule has 6 heteroatoms. The van der Waals surface area contributed by atoms with Crippen LogP contribution in [0.4, 0.5) is 8.78 Å². The van der Waals surface area contributed by atoms with E-state index >= 15 is 0 Å². The summed E-state index contributed by atoms with van der Waals surface area (Å²) in [5, 5.41) is 0. The Labute approximate surface area is 113 Å². The number of rotatable bonds is 4. The molecule has 3 nitrogen and oxygen atoms in total. The fraction of sp³-hybridized carbons (Fsp3) is 0.769. The van der Waals surface area contributed by atoms with Crippen LogP contribution in [0.3, 0.4) is 0 Å². The number of aliphatic imine (C=N–C) groups is 1. The molecule has 1 atom stereocenters. The highest BCUT2D eigenvalue weighted by Crippen LogP contribution is 2.38. The highest BCUT2D eigenvalue weighted by atomic mass is 19.3. The lowest BCUT2D eigenvalue weighted by Gasteiger charge is -2.32. The van der Waals surface area contributed by atoms with Crippen molar-refractivity contribution in [2.75, 3.05) is 0 Å². The molecule has 0 aromatic carbocycles. The van der Waals surface area contributed by atoms with Gasteiger partial charge >= 0.3 is 7.12 Å². The summed E-state index contributed by atoms with van der Waals surface area (Å²) in [5.74, 6) is 0. The third-order valence-electron chi connectivity index (χ3n) is 4.01. The zero-order chi connectivity index (χ0) is 14.3. The van der Waals surface area contributed by atoms with Crippen LogP contribution in [-0.2, 0) is 9.31 Å². The first kappa shape index (κ1) is 14.7. The van der Waals surface area contributed by atoms with Gasteiger partial charge in [-0.15, -0.1) is 0 Å². The number of alkyl halides is 2. The fourth-order valence-corrected chi connectivity index (χ4v) is 2.06. The van der Waals surface area contributed by atoms with Gasteiger partial charge in [0.1, 0.15) is 0 Å². The molecule has 0 spiro atoms. The van der Waals surface area contributed by atoms with Gasteiger partial charge in [-0.1, -0.05) is 6.08 Å². The molecule has 2 rings (SSSR count). The second kappa shape index (κ2) is 4.98. The van der Waals surface area contributed by atoms with Crippen molar-refractivity contribution in [3.8, 4) is 0 Å². The molecule has 2 heterocycles. The topological polar surface area (TPSA) is 30.8 Å². The third-order valence-corrected chi connectivity index (χ3v) is 4.01. The Kier molecular flexibility index (Phi) is 3.84. The Morgan fingerprint density at radius 2 is 1.84 bits per heavy atom. The first-order valence-corrected chi connectivity index (χ1v) is 6.60. The van der Waals surface area contributed by atoms with E-state index in [1.165, 1.54) is 0 Å². The van der Waals surface area contributed by atoms with Gasteiger partial charge in [0.2, 0.25) is 6.43 Å². The summed E-state index contributed by atoms with van der Waals surface area (Å²) >= 11 is 0. The molecule has 1 saturated heterocycles. The molecule has 0 aromatic rings. The van der Waals surface area contributed by atoms with Crippen LogP contribution in [-0.4, -0.2) is 37.0 Å². The molecule has 0 saturated carbocycles. The van der Waals surface area contributed by atoms with Gasteiger partial charge in [0.05, 0.1) is 17.2 Å². The fourth-order valence-electron chi connectivity index (χ4n) is 2.06. The number of hydrogen-bond acceptors (Lipinski definition) is 3. The summed E-state index contributed by atoms with van der Waals surface area (Å²) in [6.07, 6.45) is 1.50. The lowest BCUT2D eigenvalue weighted by Crippen LogP contribution is -2.41. The van der Waals surface area contributed by atoms with Crippen LogP contribution in [0.25, 0.3) is 0 Å². The molecule has 0 amide bonds. The van der Waals surface area contributed by atoms with Crippen LogP contribution in [0.15, 0.2) is 16.5 Å². The van der Waals surface area contributed by atoms with Crippen molar-refractivity contribution in [1.29, 1.82) is 0 Å². The van der Waals surface area contributed by atoms with Crippen molar-refractivity contribution in [2.45, 2.75) is 64.2 Å². The van der Waals surface area contributed by atoms with Gasteiger partial charge < -0.3 is 9.31 Å². The SMILES string of the molecule is CC1(C)OB(C2=CC(CCC(F)F)N=C2)OC1(C)C. The number of allylic oxidation sites excluding steroid dienone is 1. The molecular formula is C13H20BF2NO2. The molecule has 0 N–H and O–H groups in total. The molecule has 2 aliphatic heterocycles. The predicted molar refractivity (Wildman–Crippen MR) is 71.7 cm³/mol. The molecule has 0 aromatic heterocycles. The molecule has 1 fully saturated rings. The summed E-state index contributed by atoms with van der Waals surface area (Å²) in [7, 11) is -0.453. The standard InChI is InChI=1S/C13H20BF2NO2/c1-12(2)13(3,4)19-14(18-12)9-7-10(17-8-9)5-6-11(15)16/h7-8,10-11H,5-6H2,1-4H3. The maximum absolute atomic E-state index is 12.2. The van der Waals surface area contributed by atoms with Gasteiger partial charge in [0, 0.05) is 12.6 Å². The molecular weight excluding hydrogens is 251 g/mol. The lowest BCUT2D eigenvalue weighted by atomic mass is 9.79. The molecule has 0 aliphatic carbocycles. The largest absolute Gasteiger partial charge is 0.496 e. The van der Waals surface area contributed by atoms with E-state index in [-0.39, 0.29) is 12.5 Å². The van der Waals surface area contributed by atoms with E-state index in [4.69, 9.17) is 9.31 Å². The second-order valence-corrected chi connectivity index (χ2v) is 6.07. The Morgan fingerprint density at radius 3 is 2.37 bits per heavy atom. The first-order chi connectivity index (χ1) is 8.71. The summed E-state index contributed by atoms with van der Waals surface area (Å²) < 4.78 is 36.1. The smallest absolute Gasteiger partial charge is 0.399 e. The highest BCUT2D eigenvalue weighted by Gasteiger charge is 2.52. The minimum Gasteiger partial charge on any atom is -0.399 e. The van der Waals surface area contributed by atoms with Crippen LogP contribution < -0.4 is 0 Å². The summed E-state index contributed by atoms with van der Waals surface area (Å²) in [6.45, 7) is 7.92. The summed E-state index contributed by atoms with van der Waals surface area (Å²) in [5.41, 5.74) is 0.0405. The van der Waals surface area contributed by atoms with E-state index in [2.05, 4.69) is 4.99 Å². The molecule has 0 bridgehead atoms. The van der Waals surface area contributed by atoms with E-state index in [9.17, 15) is 8.78 Å². The van der Waals surface area contributed by atoms with E-state index in [0.717, 1.165) is 5.47 Å². The van der Waals surface area contributed by atoms with Crippen molar-refractivity contribution in [1.82, 2.24) is 0 Å². The van der Waals surface area contributed by atoms with Crippen molar-refractivity contribution < 1.29 is 18.1 Å². The Hall–Kier alpha value is -0.745. The van der Waals surface area contributed by atoms with E-state index in [0.29, 0.717) is 6.42 Å². The Bertz CT molecular complexity index is 391. The highest BCUT2D eigenvalue weighted by molar-refractivity contribution is 6.60. The van der Waals surface area contributed by atoms with Crippen molar-refractivity contribution >= 4 is 13.3 Å². The maximum atomic E-state index is 12.2. The van der Waals surface area contributed by atoms with Gasteiger partial charge in [0.25, 0.3) is 0 Å². The monoisotopic (exact) mass is 271 g/mol. The van der Waals surface area contributed by atoms with Gasteiger partial charge in [-0.25, -0.2) is 8.78 Å². The van der Waals surface area contributed by atoms with Gasteiger partial charge in [0.15, 0.2) is 0 Å². The van der Waals surface area contributed by atoms with E-state index in [1.54, 1.807) is 6.21 Å². The quantitative estimate of drug-likeness (QED) is 0.736. The van der Waals surface area contributed by atoms with Crippen LogP contribution in [0.1, 0.15) is 40.5 Å². The second-order valence-electron chi connectivity index (χ2n) is 6.07. The molecule has 0 radical (unpaired) electrons. The molecule has 1 unspecified atom stereocenters. The zero-order valence-corrected chi connectivity index (χ0v) is 11.8. The Balaban J connectivity index is 1.98.